The maximum atomic E-state index is 13.7. The molecule has 1 aliphatic rings. The number of pyridine rings is 1. The first-order valence-electron chi connectivity index (χ1n) is 5.23. The molecule has 1 aromatic heterocycles. The van der Waals surface area contributed by atoms with Crippen molar-refractivity contribution >= 4 is 32.5 Å². The molecule has 0 saturated heterocycles. The molecule has 3 rings (SSSR count). The monoisotopic (exact) mass is 280 g/mol. The number of rotatable bonds is 0. The van der Waals surface area contributed by atoms with Crippen molar-refractivity contribution in [1.29, 1.82) is 0 Å². The van der Waals surface area contributed by atoms with Crippen LogP contribution in [0.4, 0.5) is 10.1 Å². The molecule has 0 amide bonds. The van der Waals surface area contributed by atoms with Crippen LogP contribution < -0.4 is 5.73 Å². The van der Waals surface area contributed by atoms with Crippen LogP contribution in [0.15, 0.2) is 16.6 Å². The van der Waals surface area contributed by atoms with Crippen molar-refractivity contribution in [3.63, 3.8) is 0 Å². The molecule has 1 heterocycles. The van der Waals surface area contributed by atoms with Crippen LogP contribution in [-0.2, 0) is 12.8 Å². The molecule has 0 atom stereocenters. The Labute approximate surface area is 101 Å². The molecule has 2 nitrogen and oxygen atoms in total. The molecule has 0 aliphatic heterocycles. The second-order valence-corrected chi connectivity index (χ2v) is 4.91. The molecule has 1 aliphatic carbocycles. The number of nitrogens with zero attached hydrogens (tertiary/aromatic N) is 1. The summed E-state index contributed by atoms with van der Waals surface area (Å²) in [6.45, 7) is 0. The van der Waals surface area contributed by atoms with Crippen molar-refractivity contribution < 1.29 is 4.39 Å². The minimum absolute atomic E-state index is 0.306. The van der Waals surface area contributed by atoms with Gasteiger partial charge in [-0.25, -0.2) is 9.37 Å². The molecular formula is C12H10BrFN2. The average Bonchev–Trinajstić information content (AvgIpc) is 2.72. The van der Waals surface area contributed by atoms with E-state index in [1.54, 1.807) is 6.07 Å². The van der Waals surface area contributed by atoms with Crippen molar-refractivity contribution in [3.8, 4) is 0 Å². The fraction of sp³-hybridized carbons (Fsp3) is 0.250. The van der Waals surface area contributed by atoms with Gasteiger partial charge < -0.3 is 5.73 Å². The van der Waals surface area contributed by atoms with Crippen molar-refractivity contribution in [2.45, 2.75) is 19.3 Å². The summed E-state index contributed by atoms with van der Waals surface area (Å²) in [5.41, 5.74) is 9.23. The summed E-state index contributed by atoms with van der Waals surface area (Å²) in [5.74, 6) is -0.306. The van der Waals surface area contributed by atoms with E-state index in [9.17, 15) is 4.39 Å². The number of nitrogen functional groups attached to an aromatic ring is 1. The third kappa shape index (κ3) is 1.26. The summed E-state index contributed by atoms with van der Waals surface area (Å²) in [7, 11) is 0. The second-order valence-electron chi connectivity index (χ2n) is 4.06. The van der Waals surface area contributed by atoms with E-state index in [4.69, 9.17) is 5.73 Å². The van der Waals surface area contributed by atoms with Crippen molar-refractivity contribution in [2.75, 3.05) is 5.73 Å². The largest absolute Gasteiger partial charge is 0.398 e. The van der Waals surface area contributed by atoms with E-state index in [-0.39, 0.29) is 5.82 Å². The number of halogens is 2. The van der Waals surface area contributed by atoms with Crippen LogP contribution in [0, 0.1) is 5.82 Å². The minimum atomic E-state index is -0.306. The maximum absolute atomic E-state index is 13.7. The fourth-order valence-electron chi connectivity index (χ4n) is 2.33. The highest BCUT2D eigenvalue weighted by molar-refractivity contribution is 9.10. The minimum Gasteiger partial charge on any atom is -0.398 e. The Morgan fingerprint density at radius 2 is 2.12 bits per heavy atom. The summed E-state index contributed by atoms with van der Waals surface area (Å²) in [4.78, 5) is 4.39. The van der Waals surface area contributed by atoms with Crippen molar-refractivity contribution in [2.24, 2.45) is 0 Å². The predicted octanol–water partition coefficient (Wildman–Crippen LogP) is 3.21. The molecule has 2 N–H and O–H groups in total. The van der Waals surface area contributed by atoms with Gasteiger partial charge in [0.15, 0.2) is 0 Å². The van der Waals surface area contributed by atoms with E-state index in [0.717, 1.165) is 35.0 Å². The third-order valence-electron chi connectivity index (χ3n) is 3.11. The van der Waals surface area contributed by atoms with E-state index in [1.165, 1.54) is 6.07 Å². The van der Waals surface area contributed by atoms with Gasteiger partial charge in [0.25, 0.3) is 0 Å². The Hall–Kier alpha value is -1.16. The highest BCUT2D eigenvalue weighted by Gasteiger charge is 2.20. The van der Waals surface area contributed by atoms with Gasteiger partial charge in [0.05, 0.1) is 0 Å². The van der Waals surface area contributed by atoms with E-state index in [0.29, 0.717) is 16.6 Å². The van der Waals surface area contributed by atoms with Crippen LogP contribution in [0.2, 0.25) is 0 Å². The number of hydrogen-bond donors (Lipinski definition) is 1. The van der Waals surface area contributed by atoms with Gasteiger partial charge in [0.2, 0.25) is 0 Å². The van der Waals surface area contributed by atoms with E-state index >= 15 is 0 Å². The molecule has 4 heteroatoms. The van der Waals surface area contributed by atoms with E-state index < -0.39 is 0 Å². The topological polar surface area (TPSA) is 38.9 Å². The SMILES string of the molecule is Nc1c2c(nc3c(F)ccc(Br)c13)CCC2. The average molecular weight is 281 g/mol. The summed E-state index contributed by atoms with van der Waals surface area (Å²) >= 11 is 3.40. The number of nitrogens with two attached hydrogens (primary N) is 1. The lowest BCUT2D eigenvalue weighted by atomic mass is 10.1. The smallest absolute Gasteiger partial charge is 0.149 e. The van der Waals surface area contributed by atoms with Gasteiger partial charge >= 0.3 is 0 Å². The van der Waals surface area contributed by atoms with Crippen molar-refractivity contribution in [3.05, 3.63) is 33.7 Å². The molecule has 82 valence electrons. The molecule has 0 spiro atoms. The lowest BCUT2D eigenvalue weighted by Crippen LogP contribution is -2.00. The molecule has 16 heavy (non-hydrogen) atoms. The Bertz CT molecular complexity index is 595. The molecule has 0 radical (unpaired) electrons. The first kappa shape index (κ1) is 10.0. The molecular weight excluding hydrogens is 271 g/mol. The number of anilines is 1. The summed E-state index contributed by atoms with van der Waals surface area (Å²) in [6.07, 6.45) is 2.91. The Morgan fingerprint density at radius 3 is 2.94 bits per heavy atom. The predicted molar refractivity (Wildman–Crippen MR) is 65.8 cm³/mol. The second kappa shape index (κ2) is 3.42. The zero-order valence-electron chi connectivity index (χ0n) is 8.56. The number of aryl methyl sites for hydroxylation is 1. The molecule has 0 unspecified atom stereocenters. The van der Waals surface area contributed by atoms with Crippen molar-refractivity contribution in [1.82, 2.24) is 4.98 Å². The summed E-state index contributed by atoms with van der Waals surface area (Å²) < 4.78 is 14.5. The van der Waals surface area contributed by atoms with Gasteiger partial charge in [0.1, 0.15) is 11.3 Å². The van der Waals surface area contributed by atoms with Gasteiger partial charge in [-0.1, -0.05) is 15.9 Å². The van der Waals surface area contributed by atoms with Gasteiger partial charge in [-0.2, -0.15) is 0 Å². The Kier molecular flexibility index (Phi) is 2.14. The molecule has 0 bridgehead atoms. The Balaban J connectivity index is 2.50. The standard InChI is InChI=1S/C12H10BrFN2/c13-7-4-5-8(14)12-10(7)11(15)6-2-1-3-9(6)16-12/h4-5H,1-3H2,(H2,15,16). The number of hydrogen-bond acceptors (Lipinski definition) is 2. The number of benzene rings is 1. The van der Waals surface area contributed by atoms with E-state index in [2.05, 4.69) is 20.9 Å². The van der Waals surface area contributed by atoms with Gasteiger partial charge in [0, 0.05) is 21.2 Å². The summed E-state index contributed by atoms with van der Waals surface area (Å²) in [6, 6.07) is 3.09. The normalized spacial score (nSPS) is 14.4. The van der Waals surface area contributed by atoms with Crippen LogP contribution in [0.1, 0.15) is 17.7 Å². The summed E-state index contributed by atoms with van der Waals surface area (Å²) in [5, 5.41) is 0.709. The quantitative estimate of drug-likeness (QED) is 0.805. The van der Waals surface area contributed by atoms with Gasteiger partial charge in [-0.15, -0.1) is 0 Å². The molecule has 2 aromatic rings. The van der Waals surface area contributed by atoms with Gasteiger partial charge in [-0.3, -0.25) is 0 Å². The van der Waals surface area contributed by atoms with Crippen LogP contribution in [-0.4, -0.2) is 4.98 Å². The highest BCUT2D eigenvalue weighted by Crippen LogP contribution is 2.36. The van der Waals surface area contributed by atoms with Crippen LogP contribution in [0.25, 0.3) is 10.9 Å². The zero-order chi connectivity index (χ0) is 11.3. The maximum Gasteiger partial charge on any atom is 0.149 e. The molecule has 0 fully saturated rings. The fourth-order valence-corrected chi connectivity index (χ4v) is 2.87. The number of fused-ring (bicyclic) bond motifs is 2. The highest BCUT2D eigenvalue weighted by atomic mass is 79.9. The molecule has 1 aromatic carbocycles. The Morgan fingerprint density at radius 1 is 1.31 bits per heavy atom. The lowest BCUT2D eigenvalue weighted by Gasteiger charge is -2.10. The first-order chi connectivity index (χ1) is 7.68. The van der Waals surface area contributed by atoms with Gasteiger partial charge in [-0.05, 0) is 37.0 Å². The number of aromatic nitrogens is 1. The van der Waals surface area contributed by atoms with Crippen LogP contribution in [0.3, 0.4) is 0 Å². The van der Waals surface area contributed by atoms with E-state index in [1.807, 2.05) is 0 Å². The first-order valence-corrected chi connectivity index (χ1v) is 6.02. The van der Waals surface area contributed by atoms with Crippen LogP contribution >= 0.6 is 15.9 Å². The third-order valence-corrected chi connectivity index (χ3v) is 3.77. The molecule has 0 saturated carbocycles. The lowest BCUT2D eigenvalue weighted by molar-refractivity contribution is 0.636. The zero-order valence-corrected chi connectivity index (χ0v) is 10.1. The van der Waals surface area contributed by atoms with Crippen LogP contribution in [0.5, 0.6) is 0 Å².